The minimum absolute atomic E-state index is 0.255. The molecule has 1 saturated heterocycles. The van der Waals surface area contributed by atoms with Crippen molar-refractivity contribution in [3.8, 4) is 0 Å². The van der Waals surface area contributed by atoms with Gasteiger partial charge in [0.2, 0.25) is 5.91 Å². The van der Waals surface area contributed by atoms with Gasteiger partial charge in [-0.2, -0.15) is 0 Å². The molecule has 332 valence electrons. The third kappa shape index (κ3) is 26.8. The molecule has 0 bridgehead atoms. The van der Waals surface area contributed by atoms with Gasteiger partial charge in [-0.25, -0.2) is 0 Å². The van der Waals surface area contributed by atoms with Crippen LogP contribution in [-0.2, 0) is 14.3 Å². The molecule has 0 saturated carbocycles. The smallest absolute Gasteiger partial charge is 0.249 e. The van der Waals surface area contributed by atoms with E-state index in [0.717, 1.165) is 57.8 Å². The van der Waals surface area contributed by atoms with E-state index in [-0.39, 0.29) is 6.61 Å². The molecule has 0 radical (unpaired) electrons. The van der Waals surface area contributed by atoms with Gasteiger partial charge in [0, 0.05) is 0 Å². The zero-order valence-corrected chi connectivity index (χ0v) is 36.0. The van der Waals surface area contributed by atoms with Crippen molar-refractivity contribution in [1.82, 2.24) is 5.32 Å². The SMILES string of the molecule is CCCCCCCCCC/C=C\CCCCCCCCC(O)C(=O)NC(COC1OC(CO)C(O)C(O)C1O)C(O)CCCCCCCCCCCCCCC. The number of aliphatic hydroxyl groups is 6. The van der Waals surface area contributed by atoms with Crippen LogP contribution in [0.3, 0.4) is 0 Å². The zero-order valence-electron chi connectivity index (χ0n) is 36.0. The van der Waals surface area contributed by atoms with E-state index in [2.05, 4.69) is 31.3 Å². The fourth-order valence-electron chi connectivity index (χ4n) is 7.57. The van der Waals surface area contributed by atoms with E-state index in [0.29, 0.717) is 12.8 Å². The minimum atomic E-state index is -1.59. The Morgan fingerprint density at radius 3 is 1.45 bits per heavy atom. The Kier molecular flexibility index (Phi) is 34.9. The molecule has 0 aliphatic carbocycles. The molecular weight excluding hydrogens is 711 g/mol. The van der Waals surface area contributed by atoms with Crippen LogP contribution in [0.25, 0.3) is 0 Å². The molecule has 0 aromatic heterocycles. The number of hydrogen-bond donors (Lipinski definition) is 7. The van der Waals surface area contributed by atoms with Crippen LogP contribution in [-0.4, -0.2) is 98.7 Å². The lowest BCUT2D eigenvalue weighted by molar-refractivity contribution is -0.302. The number of aliphatic hydroxyl groups excluding tert-OH is 6. The third-order valence-electron chi connectivity index (χ3n) is 11.5. The van der Waals surface area contributed by atoms with E-state index in [4.69, 9.17) is 9.47 Å². The Balaban J connectivity index is 2.37. The molecule has 10 heteroatoms. The molecular formula is C46H89NO9. The fraction of sp³-hybridized carbons (Fsp3) is 0.935. The predicted octanol–water partition coefficient (Wildman–Crippen LogP) is 8.70. The van der Waals surface area contributed by atoms with Crippen molar-refractivity contribution in [2.24, 2.45) is 0 Å². The lowest BCUT2D eigenvalue weighted by Crippen LogP contribution is -2.60. The fourth-order valence-corrected chi connectivity index (χ4v) is 7.57. The summed E-state index contributed by atoms with van der Waals surface area (Å²) < 4.78 is 11.2. The zero-order chi connectivity index (χ0) is 41.1. The highest BCUT2D eigenvalue weighted by Crippen LogP contribution is 2.23. The first kappa shape index (κ1) is 52.9. The number of carbonyl (C=O) groups excluding carboxylic acids is 1. The average molecular weight is 800 g/mol. The van der Waals surface area contributed by atoms with Crippen molar-refractivity contribution in [1.29, 1.82) is 0 Å². The van der Waals surface area contributed by atoms with Crippen molar-refractivity contribution in [3.05, 3.63) is 12.2 Å². The van der Waals surface area contributed by atoms with Crippen LogP contribution in [0.15, 0.2) is 12.2 Å². The molecule has 0 aromatic rings. The number of amides is 1. The maximum Gasteiger partial charge on any atom is 0.249 e. The van der Waals surface area contributed by atoms with E-state index >= 15 is 0 Å². The number of rotatable bonds is 39. The summed E-state index contributed by atoms with van der Waals surface area (Å²) in [4.78, 5) is 13.0. The number of nitrogens with one attached hydrogen (secondary N) is 1. The van der Waals surface area contributed by atoms with Gasteiger partial charge >= 0.3 is 0 Å². The first-order valence-electron chi connectivity index (χ1n) is 23.5. The number of hydrogen-bond acceptors (Lipinski definition) is 9. The quantitative estimate of drug-likeness (QED) is 0.0238. The van der Waals surface area contributed by atoms with E-state index in [1.54, 1.807) is 0 Å². The van der Waals surface area contributed by atoms with Gasteiger partial charge < -0.3 is 45.4 Å². The molecule has 1 heterocycles. The highest BCUT2D eigenvalue weighted by Gasteiger charge is 2.44. The first-order chi connectivity index (χ1) is 27.3. The molecule has 8 unspecified atom stereocenters. The van der Waals surface area contributed by atoms with Crippen LogP contribution in [0.4, 0.5) is 0 Å². The summed E-state index contributed by atoms with van der Waals surface area (Å²) >= 11 is 0. The summed E-state index contributed by atoms with van der Waals surface area (Å²) in [5.74, 6) is -0.587. The number of allylic oxidation sites excluding steroid dienone is 2. The van der Waals surface area contributed by atoms with Gasteiger partial charge in [0.05, 0.1) is 25.4 Å². The normalized spacial score (nSPS) is 21.8. The van der Waals surface area contributed by atoms with E-state index in [9.17, 15) is 35.4 Å². The lowest BCUT2D eigenvalue weighted by Gasteiger charge is -2.40. The second-order valence-corrected chi connectivity index (χ2v) is 16.7. The van der Waals surface area contributed by atoms with E-state index in [1.807, 2.05) is 0 Å². The van der Waals surface area contributed by atoms with Crippen LogP contribution in [0.1, 0.15) is 213 Å². The van der Waals surface area contributed by atoms with Gasteiger partial charge in [-0.05, 0) is 38.5 Å². The number of carbonyl (C=O) groups is 1. The summed E-state index contributed by atoms with van der Waals surface area (Å²) in [5.41, 5.74) is 0. The Labute approximate surface area is 342 Å². The van der Waals surface area contributed by atoms with Crippen molar-refractivity contribution in [2.45, 2.75) is 262 Å². The van der Waals surface area contributed by atoms with Crippen molar-refractivity contribution in [2.75, 3.05) is 13.2 Å². The van der Waals surface area contributed by atoms with Gasteiger partial charge in [0.25, 0.3) is 0 Å². The second-order valence-electron chi connectivity index (χ2n) is 16.7. The highest BCUT2D eigenvalue weighted by atomic mass is 16.7. The van der Waals surface area contributed by atoms with Gasteiger partial charge in [-0.15, -0.1) is 0 Å². The van der Waals surface area contributed by atoms with Crippen LogP contribution < -0.4 is 5.32 Å². The molecule has 1 aliphatic heterocycles. The Morgan fingerprint density at radius 1 is 0.589 bits per heavy atom. The van der Waals surface area contributed by atoms with Gasteiger partial charge in [-0.3, -0.25) is 4.79 Å². The molecule has 10 nitrogen and oxygen atoms in total. The second kappa shape index (κ2) is 36.9. The first-order valence-corrected chi connectivity index (χ1v) is 23.5. The Bertz CT molecular complexity index is 906. The number of ether oxygens (including phenoxy) is 2. The van der Waals surface area contributed by atoms with Crippen molar-refractivity contribution in [3.63, 3.8) is 0 Å². The maximum absolute atomic E-state index is 13.0. The van der Waals surface area contributed by atoms with Crippen LogP contribution in [0.5, 0.6) is 0 Å². The van der Waals surface area contributed by atoms with Crippen LogP contribution in [0.2, 0.25) is 0 Å². The molecule has 1 aliphatic rings. The van der Waals surface area contributed by atoms with E-state index < -0.39 is 61.5 Å². The molecule has 0 spiro atoms. The standard InChI is InChI=1S/C46H89NO9/c1-3-5-7-9-11-13-15-17-18-19-20-21-23-25-27-29-31-33-35-40(50)45(54)47-38(37-55-46-44(53)43(52)42(51)41(36-48)56-46)39(49)34-32-30-28-26-24-22-16-14-12-10-8-6-4-2/h19-20,38-44,46,48-53H,3-18,21-37H2,1-2H3,(H,47,54)/b20-19-. The van der Waals surface area contributed by atoms with E-state index in [1.165, 1.54) is 128 Å². The van der Waals surface area contributed by atoms with Crippen LogP contribution >= 0.6 is 0 Å². The van der Waals surface area contributed by atoms with Crippen molar-refractivity contribution >= 4 is 5.91 Å². The molecule has 8 atom stereocenters. The third-order valence-corrected chi connectivity index (χ3v) is 11.5. The topological polar surface area (TPSA) is 169 Å². The highest BCUT2D eigenvalue weighted by molar-refractivity contribution is 5.80. The maximum atomic E-state index is 13.0. The summed E-state index contributed by atoms with van der Waals surface area (Å²) in [5, 5.41) is 64.8. The molecule has 1 amide bonds. The predicted molar refractivity (Wildman–Crippen MR) is 227 cm³/mol. The van der Waals surface area contributed by atoms with Gasteiger partial charge in [0.15, 0.2) is 6.29 Å². The Morgan fingerprint density at radius 2 is 1.00 bits per heavy atom. The minimum Gasteiger partial charge on any atom is -0.394 e. The van der Waals surface area contributed by atoms with Crippen LogP contribution in [0, 0.1) is 0 Å². The summed E-state index contributed by atoms with van der Waals surface area (Å²) in [6.45, 7) is 3.66. The monoisotopic (exact) mass is 800 g/mol. The molecule has 1 fully saturated rings. The Hall–Kier alpha value is -1.11. The van der Waals surface area contributed by atoms with Crippen molar-refractivity contribution < 1.29 is 44.9 Å². The lowest BCUT2D eigenvalue weighted by atomic mass is 9.99. The van der Waals surface area contributed by atoms with Gasteiger partial charge in [0.1, 0.15) is 30.5 Å². The molecule has 56 heavy (non-hydrogen) atoms. The molecule has 1 rings (SSSR count). The molecule has 7 N–H and O–H groups in total. The average Bonchev–Trinajstić information content (AvgIpc) is 3.20. The summed E-state index contributed by atoms with van der Waals surface area (Å²) in [6.07, 6.45) is 31.1. The largest absolute Gasteiger partial charge is 0.394 e. The summed E-state index contributed by atoms with van der Waals surface area (Å²) in [7, 11) is 0. The molecule has 0 aromatic carbocycles. The van der Waals surface area contributed by atoms with Gasteiger partial charge in [-0.1, -0.05) is 187 Å². The number of unbranched alkanes of at least 4 members (excludes halogenated alkanes) is 26. The summed E-state index contributed by atoms with van der Waals surface area (Å²) in [6, 6.07) is -0.892.